The third-order valence-electron chi connectivity index (χ3n) is 3.16. The van der Waals surface area contributed by atoms with Crippen molar-refractivity contribution in [2.24, 2.45) is 11.8 Å². The van der Waals surface area contributed by atoms with Crippen LogP contribution in [-0.2, 0) is 0 Å². The normalized spacial score (nSPS) is 30.5. The second-order valence-electron chi connectivity index (χ2n) is 4.35. The molecule has 0 bridgehead atoms. The van der Waals surface area contributed by atoms with Crippen molar-refractivity contribution in [2.75, 3.05) is 6.61 Å². The Morgan fingerprint density at radius 1 is 1.08 bits per heavy atom. The van der Waals surface area contributed by atoms with Gasteiger partial charge in [0.05, 0.1) is 0 Å². The van der Waals surface area contributed by atoms with Gasteiger partial charge in [0.2, 0.25) is 0 Å². The van der Waals surface area contributed by atoms with Crippen LogP contribution in [0.2, 0.25) is 0 Å². The zero-order valence-corrected chi connectivity index (χ0v) is 8.26. The van der Waals surface area contributed by atoms with Gasteiger partial charge in [0, 0.05) is 6.61 Å². The average molecular weight is 170 g/mol. The molecule has 1 N–H and O–H groups in total. The van der Waals surface area contributed by atoms with Gasteiger partial charge in [0.1, 0.15) is 0 Å². The van der Waals surface area contributed by atoms with Gasteiger partial charge < -0.3 is 5.11 Å². The molecule has 1 saturated carbocycles. The number of aliphatic hydroxyl groups is 1. The standard InChI is InChI=1S/C11H22O/c1-10-5-7-11(8-6-10)4-2-3-9-12/h10-12H,2-9H2,1H3. The summed E-state index contributed by atoms with van der Waals surface area (Å²) in [6.45, 7) is 2.74. The van der Waals surface area contributed by atoms with Crippen molar-refractivity contribution in [3.63, 3.8) is 0 Å². The molecule has 0 aromatic rings. The lowest BCUT2D eigenvalue weighted by atomic mass is 9.81. The van der Waals surface area contributed by atoms with Gasteiger partial charge in [-0.05, 0) is 18.3 Å². The maximum absolute atomic E-state index is 8.64. The Hall–Kier alpha value is -0.0400. The summed E-state index contributed by atoms with van der Waals surface area (Å²) in [5.41, 5.74) is 0. The molecule has 1 aliphatic carbocycles. The highest BCUT2D eigenvalue weighted by Crippen LogP contribution is 2.31. The molecule has 0 amide bonds. The largest absolute Gasteiger partial charge is 0.396 e. The molecule has 1 rings (SSSR count). The first-order valence-electron chi connectivity index (χ1n) is 5.43. The van der Waals surface area contributed by atoms with Crippen LogP contribution in [0, 0.1) is 11.8 Å². The number of rotatable bonds is 4. The zero-order chi connectivity index (χ0) is 8.81. The fourth-order valence-corrected chi connectivity index (χ4v) is 2.16. The molecule has 1 nitrogen and oxygen atoms in total. The van der Waals surface area contributed by atoms with Gasteiger partial charge in [-0.25, -0.2) is 0 Å². The minimum Gasteiger partial charge on any atom is -0.396 e. The Morgan fingerprint density at radius 2 is 1.75 bits per heavy atom. The first-order chi connectivity index (χ1) is 5.83. The minimum absolute atomic E-state index is 0.378. The van der Waals surface area contributed by atoms with Crippen molar-refractivity contribution < 1.29 is 5.11 Å². The summed E-state index contributed by atoms with van der Waals surface area (Å²) >= 11 is 0. The van der Waals surface area contributed by atoms with E-state index in [4.69, 9.17) is 5.11 Å². The van der Waals surface area contributed by atoms with Gasteiger partial charge in [-0.2, -0.15) is 0 Å². The number of aliphatic hydroxyl groups excluding tert-OH is 1. The molecule has 0 heterocycles. The summed E-state index contributed by atoms with van der Waals surface area (Å²) in [7, 11) is 0. The highest BCUT2D eigenvalue weighted by Gasteiger charge is 2.17. The summed E-state index contributed by atoms with van der Waals surface area (Å²) in [5, 5.41) is 8.64. The van der Waals surface area contributed by atoms with Crippen LogP contribution in [0.5, 0.6) is 0 Å². The predicted molar refractivity (Wildman–Crippen MR) is 52.1 cm³/mol. The van der Waals surface area contributed by atoms with Crippen LogP contribution in [0.25, 0.3) is 0 Å². The third-order valence-corrected chi connectivity index (χ3v) is 3.16. The van der Waals surface area contributed by atoms with Gasteiger partial charge >= 0.3 is 0 Å². The number of unbranched alkanes of at least 4 members (excludes halogenated alkanes) is 1. The molecule has 0 atom stereocenters. The molecule has 0 aromatic heterocycles. The molecule has 72 valence electrons. The van der Waals surface area contributed by atoms with Gasteiger partial charge in [0.25, 0.3) is 0 Å². The van der Waals surface area contributed by atoms with E-state index in [1.54, 1.807) is 0 Å². The lowest BCUT2D eigenvalue weighted by Gasteiger charge is -2.25. The predicted octanol–water partition coefficient (Wildman–Crippen LogP) is 2.98. The van der Waals surface area contributed by atoms with Crippen molar-refractivity contribution in [3.05, 3.63) is 0 Å². The van der Waals surface area contributed by atoms with Gasteiger partial charge in [-0.1, -0.05) is 45.4 Å². The van der Waals surface area contributed by atoms with Crippen molar-refractivity contribution in [1.29, 1.82) is 0 Å². The lowest BCUT2D eigenvalue weighted by molar-refractivity contribution is 0.249. The van der Waals surface area contributed by atoms with Gasteiger partial charge in [0.15, 0.2) is 0 Å². The molecule has 1 heteroatoms. The number of hydrogen-bond acceptors (Lipinski definition) is 1. The summed E-state index contributed by atoms with van der Waals surface area (Å²) in [4.78, 5) is 0. The van der Waals surface area contributed by atoms with Crippen molar-refractivity contribution >= 4 is 0 Å². The first kappa shape index (κ1) is 10.0. The van der Waals surface area contributed by atoms with Gasteiger partial charge in [-0.15, -0.1) is 0 Å². The molecule has 0 spiro atoms. The van der Waals surface area contributed by atoms with Crippen LogP contribution in [0.15, 0.2) is 0 Å². The Bertz CT molecular complexity index is 104. The van der Waals surface area contributed by atoms with Crippen molar-refractivity contribution in [2.45, 2.75) is 51.9 Å². The monoisotopic (exact) mass is 170 g/mol. The van der Waals surface area contributed by atoms with E-state index in [1.165, 1.54) is 38.5 Å². The van der Waals surface area contributed by atoms with E-state index in [1.807, 2.05) is 0 Å². The van der Waals surface area contributed by atoms with E-state index >= 15 is 0 Å². The van der Waals surface area contributed by atoms with Crippen molar-refractivity contribution in [3.8, 4) is 0 Å². The molecule has 0 radical (unpaired) electrons. The lowest BCUT2D eigenvalue weighted by Crippen LogP contribution is -2.12. The molecule has 12 heavy (non-hydrogen) atoms. The molecular formula is C11H22O. The molecule has 0 aliphatic heterocycles. The Morgan fingerprint density at radius 3 is 2.33 bits per heavy atom. The van der Waals surface area contributed by atoms with Crippen LogP contribution in [0.4, 0.5) is 0 Å². The molecule has 1 fully saturated rings. The van der Waals surface area contributed by atoms with Crippen LogP contribution >= 0.6 is 0 Å². The Kier molecular flexibility index (Phi) is 4.67. The fourth-order valence-electron chi connectivity index (χ4n) is 2.16. The molecule has 1 aliphatic rings. The third kappa shape index (κ3) is 3.57. The van der Waals surface area contributed by atoms with E-state index in [9.17, 15) is 0 Å². The quantitative estimate of drug-likeness (QED) is 0.643. The van der Waals surface area contributed by atoms with Crippen LogP contribution < -0.4 is 0 Å². The maximum Gasteiger partial charge on any atom is 0.0431 e. The maximum atomic E-state index is 8.64. The minimum atomic E-state index is 0.378. The summed E-state index contributed by atoms with van der Waals surface area (Å²) in [6.07, 6.45) is 9.33. The van der Waals surface area contributed by atoms with Crippen molar-refractivity contribution in [1.82, 2.24) is 0 Å². The summed E-state index contributed by atoms with van der Waals surface area (Å²) < 4.78 is 0. The molecular weight excluding hydrogens is 148 g/mol. The first-order valence-corrected chi connectivity index (χ1v) is 5.43. The van der Waals surface area contributed by atoms with E-state index < -0.39 is 0 Å². The Labute approximate surface area is 76.2 Å². The highest BCUT2D eigenvalue weighted by atomic mass is 16.2. The summed E-state index contributed by atoms with van der Waals surface area (Å²) in [6, 6.07) is 0. The van der Waals surface area contributed by atoms with E-state index in [2.05, 4.69) is 6.92 Å². The van der Waals surface area contributed by atoms with E-state index in [0.717, 1.165) is 18.3 Å². The fraction of sp³-hybridized carbons (Fsp3) is 1.00. The van der Waals surface area contributed by atoms with Crippen LogP contribution in [-0.4, -0.2) is 11.7 Å². The SMILES string of the molecule is CC1CCC(CCCCO)CC1. The van der Waals surface area contributed by atoms with E-state index in [-0.39, 0.29) is 0 Å². The zero-order valence-electron chi connectivity index (χ0n) is 8.26. The molecule has 0 aromatic carbocycles. The van der Waals surface area contributed by atoms with E-state index in [0.29, 0.717) is 6.61 Å². The topological polar surface area (TPSA) is 20.2 Å². The number of hydrogen-bond donors (Lipinski definition) is 1. The highest BCUT2D eigenvalue weighted by molar-refractivity contribution is 4.69. The van der Waals surface area contributed by atoms with Gasteiger partial charge in [-0.3, -0.25) is 0 Å². The molecule has 0 unspecified atom stereocenters. The second-order valence-corrected chi connectivity index (χ2v) is 4.35. The molecule has 0 saturated heterocycles. The van der Waals surface area contributed by atoms with Crippen LogP contribution in [0.1, 0.15) is 51.9 Å². The smallest absolute Gasteiger partial charge is 0.0431 e. The second kappa shape index (κ2) is 5.58. The average Bonchev–Trinajstić information content (AvgIpc) is 2.09. The Balaban J connectivity index is 2.01. The van der Waals surface area contributed by atoms with Crippen LogP contribution in [0.3, 0.4) is 0 Å². The summed E-state index contributed by atoms with van der Waals surface area (Å²) in [5.74, 6) is 1.95.